The van der Waals surface area contributed by atoms with E-state index in [-0.39, 0.29) is 29.4 Å². The summed E-state index contributed by atoms with van der Waals surface area (Å²) in [6.07, 6.45) is -2.87. The van der Waals surface area contributed by atoms with Crippen molar-refractivity contribution in [2.45, 2.75) is 18.7 Å². The molecule has 0 aliphatic rings. The van der Waals surface area contributed by atoms with E-state index in [0.717, 1.165) is 6.07 Å². The molecule has 0 bridgehead atoms. The first-order valence-corrected chi connectivity index (χ1v) is 5.22. The molecular formula is C10H11ClF2N2O2. The number of alkyl halides is 3. The van der Waals surface area contributed by atoms with Crippen molar-refractivity contribution in [3.05, 3.63) is 22.9 Å². The largest absolute Gasteiger partial charge is 0.469 e. The molecule has 17 heavy (non-hydrogen) atoms. The fourth-order valence-corrected chi connectivity index (χ4v) is 1.51. The third kappa shape index (κ3) is 3.26. The summed E-state index contributed by atoms with van der Waals surface area (Å²) in [5, 5.41) is 0. The van der Waals surface area contributed by atoms with E-state index in [2.05, 4.69) is 9.72 Å². The third-order valence-electron chi connectivity index (χ3n) is 2.17. The Morgan fingerprint density at radius 3 is 2.76 bits per heavy atom. The molecule has 0 aromatic carbocycles. The van der Waals surface area contributed by atoms with Crippen LogP contribution in [-0.2, 0) is 21.8 Å². The normalized spacial score (nSPS) is 10.6. The Kier molecular flexibility index (Phi) is 4.62. The van der Waals surface area contributed by atoms with Gasteiger partial charge in [0.2, 0.25) is 0 Å². The predicted octanol–water partition coefficient (Wildman–Crippen LogP) is 2.06. The Bertz CT molecular complexity index is 427. The van der Waals surface area contributed by atoms with E-state index in [1.807, 2.05) is 0 Å². The molecule has 1 aromatic heterocycles. The van der Waals surface area contributed by atoms with Gasteiger partial charge in [-0.2, -0.15) is 0 Å². The Hall–Kier alpha value is -1.43. The molecule has 94 valence electrons. The van der Waals surface area contributed by atoms with Crippen LogP contribution in [0, 0.1) is 0 Å². The summed E-state index contributed by atoms with van der Waals surface area (Å²) in [5.41, 5.74) is 5.60. The molecule has 2 N–H and O–H groups in total. The number of aromatic nitrogens is 1. The van der Waals surface area contributed by atoms with Crippen LogP contribution in [0.1, 0.15) is 23.2 Å². The van der Waals surface area contributed by atoms with Crippen molar-refractivity contribution < 1.29 is 18.3 Å². The Balaban J connectivity index is 3.14. The summed E-state index contributed by atoms with van der Waals surface area (Å²) in [4.78, 5) is 14.9. The number of carbonyl (C=O) groups excluding carboxylic acids is 1. The van der Waals surface area contributed by atoms with Crippen molar-refractivity contribution in [1.82, 2.24) is 4.98 Å². The van der Waals surface area contributed by atoms with Crippen LogP contribution >= 0.6 is 11.6 Å². The average molecular weight is 265 g/mol. The molecule has 0 spiro atoms. The van der Waals surface area contributed by atoms with E-state index < -0.39 is 12.4 Å². The van der Waals surface area contributed by atoms with Crippen LogP contribution in [0.4, 0.5) is 14.6 Å². The van der Waals surface area contributed by atoms with Gasteiger partial charge in [-0.1, -0.05) is 0 Å². The number of nitrogens with two attached hydrogens (primary N) is 1. The summed E-state index contributed by atoms with van der Waals surface area (Å²) in [6, 6.07) is 1.16. The Morgan fingerprint density at radius 2 is 2.29 bits per heavy atom. The number of methoxy groups -OCH3 is 1. The minimum Gasteiger partial charge on any atom is -0.469 e. The Labute approximate surface area is 102 Å². The molecule has 1 heterocycles. The van der Waals surface area contributed by atoms with E-state index in [1.165, 1.54) is 7.11 Å². The molecule has 1 aromatic rings. The van der Waals surface area contributed by atoms with Gasteiger partial charge in [0.1, 0.15) is 5.82 Å². The van der Waals surface area contributed by atoms with E-state index in [4.69, 9.17) is 17.3 Å². The van der Waals surface area contributed by atoms with Crippen molar-refractivity contribution in [1.29, 1.82) is 0 Å². The minimum atomic E-state index is -2.73. The average Bonchev–Trinajstić information content (AvgIpc) is 2.28. The van der Waals surface area contributed by atoms with Crippen molar-refractivity contribution in [3.63, 3.8) is 0 Å². The number of hydrogen-bond acceptors (Lipinski definition) is 4. The second-order valence-electron chi connectivity index (χ2n) is 3.26. The lowest BCUT2D eigenvalue weighted by molar-refractivity contribution is -0.139. The highest BCUT2D eigenvalue weighted by Gasteiger charge is 2.18. The highest BCUT2D eigenvalue weighted by atomic mass is 35.5. The first-order chi connectivity index (χ1) is 7.99. The summed E-state index contributed by atoms with van der Waals surface area (Å²) in [6.45, 7) is 0. The van der Waals surface area contributed by atoms with Crippen LogP contribution in [0.15, 0.2) is 6.07 Å². The predicted molar refractivity (Wildman–Crippen MR) is 58.9 cm³/mol. The maximum absolute atomic E-state index is 12.5. The van der Waals surface area contributed by atoms with Crippen LogP contribution in [-0.4, -0.2) is 18.1 Å². The first-order valence-electron chi connectivity index (χ1n) is 4.68. The maximum Gasteiger partial charge on any atom is 0.311 e. The number of pyridine rings is 1. The second-order valence-corrected chi connectivity index (χ2v) is 3.52. The van der Waals surface area contributed by atoms with Gasteiger partial charge in [-0.15, -0.1) is 11.6 Å². The fourth-order valence-electron chi connectivity index (χ4n) is 1.28. The van der Waals surface area contributed by atoms with Crippen LogP contribution in [0.5, 0.6) is 0 Å². The zero-order valence-electron chi connectivity index (χ0n) is 9.04. The molecule has 0 saturated carbocycles. The molecule has 0 unspecified atom stereocenters. The number of nitrogen functional groups attached to an aromatic ring is 1. The molecular weight excluding hydrogens is 254 g/mol. The fraction of sp³-hybridized carbons (Fsp3) is 0.400. The van der Waals surface area contributed by atoms with Crippen molar-refractivity contribution in [3.8, 4) is 0 Å². The molecule has 7 heteroatoms. The van der Waals surface area contributed by atoms with Crippen LogP contribution in [0.25, 0.3) is 0 Å². The number of hydrogen-bond donors (Lipinski definition) is 1. The number of nitrogens with zero attached hydrogens (tertiary/aromatic N) is 1. The van der Waals surface area contributed by atoms with Crippen molar-refractivity contribution >= 4 is 23.4 Å². The number of ether oxygens (including phenoxy) is 1. The summed E-state index contributed by atoms with van der Waals surface area (Å²) < 4.78 is 29.6. The van der Waals surface area contributed by atoms with Crippen molar-refractivity contribution in [2.75, 3.05) is 12.8 Å². The first kappa shape index (κ1) is 13.6. The zero-order valence-corrected chi connectivity index (χ0v) is 9.80. The standard InChI is InChI=1S/C10H11ClF2N2O2/c1-17-8(16)3-7-5(4-11)2-6(9(12)13)10(14)15-7/h2,9H,3-4H2,1H3,(H2,14,15). The van der Waals surface area contributed by atoms with Gasteiger partial charge < -0.3 is 10.5 Å². The molecule has 0 aliphatic carbocycles. The maximum atomic E-state index is 12.5. The van der Waals surface area contributed by atoms with E-state index in [9.17, 15) is 13.6 Å². The van der Waals surface area contributed by atoms with Gasteiger partial charge in [-0.05, 0) is 11.6 Å². The van der Waals surface area contributed by atoms with Gasteiger partial charge in [0, 0.05) is 5.88 Å². The number of anilines is 1. The smallest absolute Gasteiger partial charge is 0.311 e. The summed E-state index contributed by atoms with van der Waals surface area (Å²) in [7, 11) is 1.22. The lowest BCUT2D eigenvalue weighted by Gasteiger charge is -2.10. The van der Waals surface area contributed by atoms with Crippen LogP contribution in [0.3, 0.4) is 0 Å². The van der Waals surface area contributed by atoms with E-state index in [1.54, 1.807) is 0 Å². The third-order valence-corrected chi connectivity index (χ3v) is 2.46. The van der Waals surface area contributed by atoms with Crippen LogP contribution in [0.2, 0.25) is 0 Å². The van der Waals surface area contributed by atoms with Gasteiger partial charge in [0.05, 0.1) is 24.8 Å². The lowest BCUT2D eigenvalue weighted by Crippen LogP contribution is -2.11. The quantitative estimate of drug-likeness (QED) is 0.668. The summed E-state index contributed by atoms with van der Waals surface area (Å²) in [5.74, 6) is -0.861. The summed E-state index contributed by atoms with van der Waals surface area (Å²) >= 11 is 5.61. The number of halogens is 3. The number of esters is 1. The van der Waals surface area contributed by atoms with E-state index in [0.29, 0.717) is 5.56 Å². The monoisotopic (exact) mass is 264 g/mol. The second kappa shape index (κ2) is 5.77. The van der Waals surface area contributed by atoms with Gasteiger partial charge >= 0.3 is 5.97 Å². The molecule has 0 amide bonds. The molecule has 0 aliphatic heterocycles. The highest BCUT2D eigenvalue weighted by molar-refractivity contribution is 6.17. The van der Waals surface area contributed by atoms with Crippen molar-refractivity contribution in [2.24, 2.45) is 0 Å². The van der Waals surface area contributed by atoms with Gasteiger partial charge in [-0.3, -0.25) is 4.79 Å². The molecule has 0 fully saturated rings. The topological polar surface area (TPSA) is 65.2 Å². The highest BCUT2D eigenvalue weighted by Crippen LogP contribution is 2.26. The van der Waals surface area contributed by atoms with Gasteiger partial charge in [0.15, 0.2) is 0 Å². The SMILES string of the molecule is COC(=O)Cc1nc(N)c(C(F)F)cc1CCl. The molecule has 1 rings (SSSR count). The van der Waals surface area contributed by atoms with E-state index >= 15 is 0 Å². The number of carbonyl (C=O) groups is 1. The molecule has 4 nitrogen and oxygen atoms in total. The lowest BCUT2D eigenvalue weighted by atomic mass is 10.1. The van der Waals surface area contributed by atoms with Gasteiger partial charge in [-0.25, -0.2) is 13.8 Å². The Morgan fingerprint density at radius 1 is 1.65 bits per heavy atom. The number of rotatable bonds is 4. The van der Waals surface area contributed by atoms with Crippen LogP contribution < -0.4 is 5.73 Å². The molecule has 0 saturated heterocycles. The van der Waals surface area contributed by atoms with Gasteiger partial charge in [0.25, 0.3) is 6.43 Å². The molecule has 0 atom stereocenters. The molecule has 0 radical (unpaired) electrons. The zero-order chi connectivity index (χ0) is 13.0. The minimum absolute atomic E-state index is 0.0284.